The number of carbonyl (C=O) groups excluding carboxylic acids is 1. The Morgan fingerprint density at radius 1 is 1.17 bits per heavy atom. The maximum absolute atomic E-state index is 13.2. The molecule has 5 heteroatoms. The number of amides is 1. The highest BCUT2D eigenvalue weighted by Crippen LogP contribution is 2.49. The molecule has 1 aliphatic carbocycles. The number of carbonyl (C=O) groups is 1. The number of H-pyrrole nitrogens is 1. The van der Waals surface area contributed by atoms with Gasteiger partial charge in [0.05, 0.1) is 11.1 Å². The van der Waals surface area contributed by atoms with Crippen molar-refractivity contribution in [2.75, 3.05) is 5.32 Å². The monoisotopic (exact) mass is 389 g/mol. The highest BCUT2D eigenvalue weighted by atomic mass is 16.5. The van der Waals surface area contributed by atoms with Gasteiger partial charge in [-0.15, -0.1) is 0 Å². The second-order valence-electron chi connectivity index (χ2n) is 9.25. The summed E-state index contributed by atoms with van der Waals surface area (Å²) in [6.07, 6.45) is 1.71. The largest absolute Gasteiger partial charge is 0.358 e. The molecule has 1 aliphatic rings. The van der Waals surface area contributed by atoms with E-state index in [1.807, 2.05) is 37.3 Å². The Morgan fingerprint density at radius 2 is 1.97 bits per heavy atom. The summed E-state index contributed by atoms with van der Waals surface area (Å²) in [5.74, 6) is 0.0527. The number of nitrogens with one attached hydrogen (secondary N) is 2. The molecule has 5 nitrogen and oxygen atoms in total. The zero-order valence-electron chi connectivity index (χ0n) is 17.2. The molecular weight excluding hydrogens is 362 g/mol. The molecule has 0 spiro atoms. The summed E-state index contributed by atoms with van der Waals surface area (Å²) in [5.41, 5.74) is 5.35. The van der Waals surface area contributed by atoms with Gasteiger partial charge in [-0.05, 0) is 61.7 Å². The van der Waals surface area contributed by atoms with Gasteiger partial charge in [0.15, 0.2) is 5.58 Å². The summed E-state index contributed by atoms with van der Waals surface area (Å²) in [6, 6.07) is 14.2. The Bertz CT molecular complexity index is 1260. The van der Waals surface area contributed by atoms with Crippen molar-refractivity contribution >= 4 is 33.5 Å². The van der Waals surface area contributed by atoms with E-state index < -0.39 is 5.41 Å². The first kappa shape index (κ1) is 18.0. The molecule has 29 heavy (non-hydrogen) atoms. The molecule has 5 rings (SSSR count). The predicted octanol–water partition coefficient (Wildman–Crippen LogP) is 5.83. The van der Waals surface area contributed by atoms with Crippen LogP contribution in [0.4, 0.5) is 5.69 Å². The van der Waals surface area contributed by atoms with Crippen LogP contribution in [-0.4, -0.2) is 16.0 Å². The molecule has 150 valence electrons. The molecular formula is C24H27N3O2. The van der Waals surface area contributed by atoms with Gasteiger partial charge in [0, 0.05) is 34.5 Å². The Kier molecular flexibility index (Phi) is 3.69. The minimum atomic E-state index is -0.457. The van der Waals surface area contributed by atoms with Crippen molar-refractivity contribution in [3.05, 3.63) is 59.4 Å². The molecule has 1 saturated carbocycles. The van der Waals surface area contributed by atoms with Crippen LogP contribution >= 0.6 is 0 Å². The van der Waals surface area contributed by atoms with E-state index in [0.29, 0.717) is 0 Å². The minimum Gasteiger partial charge on any atom is -0.358 e. The number of hydrogen-bond acceptors (Lipinski definition) is 3. The molecule has 2 N–H and O–H groups in total. The van der Waals surface area contributed by atoms with Crippen molar-refractivity contribution in [1.29, 1.82) is 0 Å². The van der Waals surface area contributed by atoms with Crippen molar-refractivity contribution in [2.45, 2.75) is 51.4 Å². The van der Waals surface area contributed by atoms with Crippen LogP contribution in [0.1, 0.15) is 52.0 Å². The summed E-state index contributed by atoms with van der Waals surface area (Å²) in [7, 11) is 0. The fraction of sp³-hybridized carbons (Fsp3) is 0.333. The second-order valence-corrected chi connectivity index (χ2v) is 9.25. The number of aromatic amines is 1. The third-order valence-electron chi connectivity index (χ3n) is 6.07. The van der Waals surface area contributed by atoms with Crippen LogP contribution in [-0.2, 0) is 15.6 Å². The summed E-state index contributed by atoms with van der Waals surface area (Å²) in [6.45, 7) is 8.48. The van der Waals surface area contributed by atoms with Crippen LogP contribution in [0, 0.1) is 6.92 Å². The molecule has 0 atom stereocenters. The standard InChI is InChI=1S/C24H25N3O2.H2/c1-14-18-13-16(5-8-20(18)29-27-14)24(9-10-24)22(28)25-17-6-7-19-15(11-17)12-21(26-19)23(2,3)4;/h5-8,11-13,26H,9-10H2,1-4H3,(H,25,28);1H. The summed E-state index contributed by atoms with van der Waals surface area (Å²) in [5, 5.41) is 9.26. The summed E-state index contributed by atoms with van der Waals surface area (Å²) >= 11 is 0. The highest BCUT2D eigenvalue weighted by molar-refractivity contribution is 6.03. The van der Waals surface area contributed by atoms with Crippen LogP contribution in [0.25, 0.3) is 21.9 Å². The van der Waals surface area contributed by atoms with Gasteiger partial charge in [0.2, 0.25) is 5.91 Å². The lowest BCUT2D eigenvalue weighted by Crippen LogP contribution is -2.27. The fourth-order valence-electron chi connectivity index (χ4n) is 3.99. The third-order valence-corrected chi connectivity index (χ3v) is 6.07. The molecule has 2 aromatic carbocycles. The molecule has 1 fully saturated rings. The number of benzene rings is 2. The van der Waals surface area contributed by atoms with Crippen molar-refractivity contribution in [2.24, 2.45) is 0 Å². The number of aryl methyl sites for hydroxylation is 1. The average molecular weight is 389 g/mol. The molecule has 0 aliphatic heterocycles. The van der Waals surface area contributed by atoms with E-state index in [2.05, 4.69) is 48.4 Å². The first-order chi connectivity index (χ1) is 13.8. The van der Waals surface area contributed by atoms with Gasteiger partial charge >= 0.3 is 0 Å². The average Bonchev–Trinajstić information content (AvgIpc) is 3.25. The Hall–Kier alpha value is -3.08. The van der Waals surface area contributed by atoms with Crippen LogP contribution < -0.4 is 5.32 Å². The topological polar surface area (TPSA) is 70.9 Å². The van der Waals surface area contributed by atoms with Gasteiger partial charge in [0.25, 0.3) is 0 Å². The quantitative estimate of drug-likeness (QED) is 0.463. The first-order valence-electron chi connectivity index (χ1n) is 10.1. The van der Waals surface area contributed by atoms with Gasteiger partial charge in [-0.25, -0.2) is 0 Å². The molecule has 0 radical (unpaired) electrons. The number of rotatable bonds is 3. The van der Waals surface area contributed by atoms with Gasteiger partial charge in [-0.2, -0.15) is 0 Å². The fourth-order valence-corrected chi connectivity index (χ4v) is 3.99. The molecule has 0 saturated heterocycles. The Morgan fingerprint density at radius 3 is 2.69 bits per heavy atom. The zero-order valence-corrected chi connectivity index (χ0v) is 17.2. The number of hydrogen-bond donors (Lipinski definition) is 2. The molecule has 0 unspecified atom stereocenters. The SMILES string of the molecule is Cc1noc2ccc(C3(C(=O)Nc4ccc5[nH]c(C(C)(C)C)cc5c4)CC3)cc12.[HH]. The molecule has 0 bridgehead atoms. The van der Waals surface area contributed by atoms with Crippen LogP contribution in [0.15, 0.2) is 47.0 Å². The van der Waals surface area contributed by atoms with Crippen LogP contribution in [0.5, 0.6) is 0 Å². The number of aromatic nitrogens is 2. The Labute approximate surface area is 171 Å². The van der Waals surface area contributed by atoms with Gasteiger partial charge in [-0.3, -0.25) is 4.79 Å². The molecule has 2 aromatic heterocycles. The first-order valence-corrected chi connectivity index (χ1v) is 10.1. The van der Waals surface area contributed by atoms with Crippen LogP contribution in [0.2, 0.25) is 0 Å². The van der Waals surface area contributed by atoms with Crippen molar-refractivity contribution in [3.63, 3.8) is 0 Å². The van der Waals surface area contributed by atoms with Gasteiger partial charge in [0.1, 0.15) is 0 Å². The van der Waals surface area contributed by atoms with Gasteiger partial charge in [-0.1, -0.05) is 32.0 Å². The molecule has 2 heterocycles. The van der Waals surface area contributed by atoms with E-state index in [1.54, 1.807) is 0 Å². The lowest BCUT2D eigenvalue weighted by molar-refractivity contribution is -0.118. The van der Waals surface area contributed by atoms with E-state index in [9.17, 15) is 4.79 Å². The summed E-state index contributed by atoms with van der Waals surface area (Å²) in [4.78, 5) is 16.7. The third kappa shape index (κ3) is 2.92. The lowest BCUT2D eigenvalue weighted by atomic mass is 9.92. The highest BCUT2D eigenvalue weighted by Gasteiger charge is 2.51. The maximum atomic E-state index is 13.2. The smallest absolute Gasteiger partial charge is 0.235 e. The number of nitrogens with zero attached hydrogens (tertiary/aromatic N) is 1. The number of fused-ring (bicyclic) bond motifs is 2. The summed E-state index contributed by atoms with van der Waals surface area (Å²) < 4.78 is 5.31. The van der Waals surface area contributed by atoms with Crippen molar-refractivity contribution in [1.82, 2.24) is 10.1 Å². The zero-order chi connectivity index (χ0) is 20.4. The van der Waals surface area contributed by atoms with E-state index in [-0.39, 0.29) is 12.7 Å². The Balaban J connectivity index is 0.00000218. The second kappa shape index (κ2) is 5.96. The molecule has 4 aromatic rings. The minimum absolute atomic E-state index is 0. The lowest BCUT2D eigenvalue weighted by Gasteiger charge is -2.16. The van der Waals surface area contributed by atoms with E-state index in [0.717, 1.165) is 51.7 Å². The van der Waals surface area contributed by atoms with Crippen molar-refractivity contribution < 1.29 is 10.7 Å². The molecule has 1 amide bonds. The van der Waals surface area contributed by atoms with Crippen molar-refractivity contribution in [3.8, 4) is 0 Å². The van der Waals surface area contributed by atoms with Crippen LogP contribution in [0.3, 0.4) is 0 Å². The van der Waals surface area contributed by atoms with E-state index in [1.165, 1.54) is 5.69 Å². The van der Waals surface area contributed by atoms with E-state index in [4.69, 9.17) is 4.52 Å². The number of anilines is 1. The normalized spacial score (nSPS) is 15.7. The van der Waals surface area contributed by atoms with E-state index >= 15 is 0 Å². The maximum Gasteiger partial charge on any atom is 0.235 e. The predicted molar refractivity (Wildman–Crippen MR) is 117 cm³/mol. The van der Waals surface area contributed by atoms with Gasteiger partial charge < -0.3 is 14.8 Å².